The molecule has 1 aliphatic heterocycles. The first-order chi connectivity index (χ1) is 7.59. The van der Waals surface area contributed by atoms with Crippen molar-refractivity contribution in [3.8, 4) is 5.75 Å². The number of rotatable bonds is 1. The lowest BCUT2D eigenvalue weighted by Crippen LogP contribution is -2.29. The van der Waals surface area contributed by atoms with Gasteiger partial charge in [-0.2, -0.15) is 0 Å². The quantitative estimate of drug-likeness (QED) is 0.783. The Balaban J connectivity index is 2.46. The summed E-state index contributed by atoms with van der Waals surface area (Å²) in [6.45, 7) is 6.27. The monoisotopic (exact) mass is 283 g/mol. The minimum atomic E-state index is 0.450. The second kappa shape index (κ2) is 4.76. The number of hydrogen-bond acceptors (Lipinski definition) is 2. The lowest BCUT2D eigenvalue weighted by atomic mass is 9.94. The van der Waals surface area contributed by atoms with Crippen molar-refractivity contribution in [2.24, 2.45) is 5.92 Å². The summed E-state index contributed by atoms with van der Waals surface area (Å²) >= 11 is 3.49. The van der Waals surface area contributed by atoms with Gasteiger partial charge in [-0.3, -0.25) is 4.90 Å². The number of likely N-dealkylation sites (N-methyl/N-ethyl adjacent to an activating group) is 1. The molecule has 88 valence electrons. The molecule has 16 heavy (non-hydrogen) atoms. The van der Waals surface area contributed by atoms with Gasteiger partial charge in [0.05, 0.1) is 0 Å². The van der Waals surface area contributed by atoms with E-state index in [1.54, 1.807) is 0 Å². The molecule has 3 heteroatoms. The molecule has 0 N–H and O–H groups in total. The Labute approximate surface area is 106 Å². The largest absolute Gasteiger partial charge is 0.492 e. The maximum absolute atomic E-state index is 5.81. The maximum atomic E-state index is 5.81. The maximum Gasteiger partial charge on any atom is 0.125 e. The van der Waals surface area contributed by atoms with Crippen molar-refractivity contribution >= 4 is 15.9 Å². The first-order valence-corrected chi connectivity index (χ1v) is 6.51. The summed E-state index contributed by atoms with van der Waals surface area (Å²) in [5.41, 5.74) is 1.30. The number of hydrogen-bond donors (Lipinski definition) is 0. The van der Waals surface area contributed by atoms with Crippen LogP contribution in [-0.4, -0.2) is 25.1 Å². The minimum absolute atomic E-state index is 0.450. The minimum Gasteiger partial charge on any atom is -0.492 e. The molecule has 0 saturated carbocycles. The van der Waals surface area contributed by atoms with Gasteiger partial charge in [0.1, 0.15) is 12.4 Å². The van der Waals surface area contributed by atoms with Crippen molar-refractivity contribution in [2.45, 2.75) is 19.9 Å². The van der Waals surface area contributed by atoms with Crippen LogP contribution in [0.3, 0.4) is 0 Å². The lowest BCUT2D eigenvalue weighted by Gasteiger charge is -2.29. The normalized spacial score (nSPS) is 21.4. The average Bonchev–Trinajstić information content (AvgIpc) is 2.35. The zero-order chi connectivity index (χ0) is 11.7. The van der Waals surface area contributed by atoms with Crippen LogP contribution in [0.25, 0.3) is 0 Å². The van der Waals surface area contributed by atoms with Crippen LogP contribution in [0.1, 0.15) is 25.5 Å². The highest BCUT2D eigenvalue weighted by Crippen LogP contribution is 2.37. The van der Waals surface area contributed by atoms with Gasteiger partial charge in [0.25, 0.3) is 0 Å². The fraction of sp³-hybridized carbons (Fsp3) is 0.538. The molecule has 0 radical (unpaired) electrons. The summed E-state index contributed by atoms with van der Waals surface area (Å²) in [6, 6.07) is 6.79. The van der Waals surface area contributed by atoms with Gasteiger partial charge in [-0.1, -0.05) is 35.8 Å². The van der Waals surface area contributed by atoms with Crippen LogP contribution in [0.2, 0.25) is 0 Å². The standard InChI is InChI=1S/C13H18BrNO/c1-9(2)13-11-5-4-10(14)8-12(11)16-7-6-15(13)3/h4-5,8-9,13H,6-7H2,1-3H3. The molecule has 0 aromatic heterocycles. The molecule has 1 heterocycles. The second-order valence-corrected chi connectivity index (χ2v) is 5.62. The molecule has 1 unspecified atom stereocenters. The van der Waals surface area contributed by atoms with Gasteiger partial charge in [-0.15, -0.1) is 0 Å². The molecule has 2 nitrogen and oxygen atoms in total. The molecular formula is C13H18BrNO. The third kappa shape index (κ3) is 2.25. The number of ether oxygens (including phenoxy) is 1. The first-order valence-electron chi connectivity index (χ1n) is 5.72. The summed E-state index contributed by atoms with van der Waals surface area (Å²) in [7, 11) is 2.17. The van der Waals surface area contributed by atoms with Crippen LogP contribution in [0.5, 0.6) is 5.75 Å². The van der Waals surface area contributed by atoms with Crippen molar-refractivity contribution in [1.82, 2.24) is 4.90 Å². The van der Waals surface area contributed by atoms with Crippen LogP contribution in [0.15, 0.2) is 22.7 Å². The lowest BCUT2D eigenvalue weighted by molar-refractivity contribution is 0.183. The van der Waals surface area contributed by atoms with Crippen LogP contribution in [-0.2, 0) is 0 Å². The highest BCUT2D eigenvalue weighted by Gasteiger charge is 2.26. The number of fused-ring (bicyclic) bond motifs is 1. The van der Waals surface area contributed by atoms with Crippen molar-refractivity contribution in [3.05, 3.63) is 28.2 Å². The molecule has 0 saturated heterocycles. The molecular weight excluding hydrogens is 266 g/mol. The SMILES string of the molecule is CC(C)C1c2ccc(Br)cc2OCCN1C. The Kier molecular flexibility index (Phi) is 3.55. The molecule has 1 atom stereocenters. The van der Waals surface area contributed by atoms with Gasteiger partial charge in [0.15, 0.2) is 0 Å². The Morgan fingerprint density at radius 3 is 2.88 bits per heavy atom. The van der Waals surface area contributed by atoms with Gasteiger partial charge >= 0.3 is 0 Å². The molecule has 1 aromatic carbocycles. The molecule has 0 fully saturated rings. The van der Waals surface area contributed by atoms with E-state index in [9.17, 15) is 0 Å². The van der Waals surface area contributed by atoms with Gasteiger partial charge in [0, 0.05) is 22.6 Å². The Bertz CT molecular complexity index is 378. The molecule has 1 aliphatic rings. The zero-order valence-electron chi connectivity index (χ0n) is 10.0. The topological polar surface area (TPSA) is 12.5 Å². The second-order valence-electron chi connectivity index (χ2n) is 4.70. The predicted molar refractivity (Wildman–Crippen MR) is 69.8 cm³/mol. The highest BCUT2D eigenvalue weighted by molar-refractivity contribution is 9.10. The summed E-state index contributed by atoms with van der Waals surface area (Å²) in [4.78, 5) is 2.38. The van der Waals surface area contributed by atoms with Gasteiger partial charge < -0.3 is 4.74 Å². The van der Waals surface area contributed by atoms with E-state index in [-0.39, 0.29) is 0 Å². The average molecular weight is 284 g/mol. The van der Waals surface area contributed by atoms with E-state index < -0.39 is 0 Å². The fourth-order valence-electron chi connectivity index (χ4n) is 2.42. The van der Waals surface area contributed by atoms with Crippen LogP contribution < -0.4 is 4.74 Å². The van der Waals surface area contributed by atoms with E-state index in [2.05, 4.69) is 59.9 Å². The van der Waals surface area contributed by atoms with Crippen LogP contribution >= 0.6 is 15.9 Å². The van der Waals surface area contributed by atoms with E-state index in [1.165, 1.54) is 5.56 Å². The van der Waals surface area contributed by atoms with Gasteiger partial charge in [-0.25, -0.2) is 0 Å². The molecule has 0 bridgehead atoms. The molecule has 0 amide bonds. The Hall–Kier alpha value is -0.540. The van der Waals surface area contributed by atoms with Crippen molar-refractivity contribution in [2.75, 3.05) is 20.2 Å². The van der Waals surface area contributed by atoms with E-state index in [0.29, 0.717) is 12.0 Å². The highest BCUT2D eigenvalue weighted by atomic mass is 79.9. The van der Waals surface area contributed by atoms with Crippen LogP contribution in [0.4, 0.5) is 0 Å². The van der Waals surface area contributed by atoms with Crippen molar-refractivity contribution in [3.63, 3.8) is 0 Å². The van der Waals surface area contributed by atoms with E-state index in [4.69, 9.17) is 4.74 Å². The molecule has 0 spiro atoms. The van der Waals surface area contributed by atoms with E-state index in [0.717, 1.165) is 23.4 Å². The molecule has 0 aliphatic carbocycles. The van der Waals surface area contributed by atoms with Gasteiger partial charge in [-0.05, 0) is 25.1 Å². The van der Waals surface area contributed by atoms with Crippen LogP contribution in [0, 0.1) is 5.92 Å². The van der Waals surface area contributed by atoms with E-state index in [1.807, 2.05) is 0 Å². The zero-order valence-corrected chi connectivity index (χ0v) is 11.6. The third-order valence-corrected chi connectivity index (χ3v) is 3.60. The van der Waals surface area contributed by atoms with E-state index >= 15 is 0 Å². The predicted octanol–water partition coefficient (Wildman–Crippen LogP) is 3.47. The number of benzene rings is 1. The van der Waals surface area contributed by atoms with Crippen molar-refractivity contribution < 1.29 is 4.74 Å². The Morgan fingerprint density at radius 2 is 2.19 bits per heavy atom. The smallest absolute Gasteiger partial charge is 0.125 e. The third-order valence-electron chi connectivity index (χ3n) is 3.10. The fourth-order valence-corrected chi connectivity index (χ4v) is 2.76. The summed E-state index contributed by atoms with van der Waals surface area (Å²) < 4.78 is 6.89. The number of halogens is 1. The summed E-state index contributed by atoms with van der Waals surface area (Å²) in [5.74, 6) is 1.61. The first kappa shape index (κ1) is 11.9. The summed E-state index contributed by atoms with van der Waals surface area (Å²) in [5, 5.41) is 0. The van der Waals surface area contributed by atoms with Gasteiger partial charge in [0.2, 0.25) is 0 Å². The molecule has 2 rings (SSSR count). The Morgan fingerprint density at radius 1 is 1.44 bits per heavy atom. The summed E-state index contributed by atoms with van der Waals surface area (Å²) in [6.07, 6.45) is 0. The molecule has 1 aromatic rings. The van der Waals surface area contributed by atoms with Crippen molar-refractivity contribution in [1.29, 1.82) is 0 Å². The number of nitrogens with zero attached hydrogens (tertiary/aromatic N) is 1.